The van der Waals surface area contributed by atoms with Gasteiger partial charge in [-0.25, -0.2) is 0 Å². The van der Waals surface area contributed by atoms with E-state index in [0.29, 0.717) is 12.1 Å². The molecule has 2 unspecified atom stereocenters. The molecule has 0 aromatic heterocycles. The van der Waals surface area contributed by atoms with Crippen LogP contribution in [0.25, 0.3) is 0 Å². The van der Waals surface area contributed by atoms with Crippen LogP contribution in [-0.2, 0) is 6.54 Å². The van der Waals surface area contributed by atoms with Gasteiger partial charge in [0.25, 0.3) is 0 Å². The molecule has 19 heavy (non-hydrogen) atoms. The first-order valence-electron chi connectivity index (χ1n) is 7.08. The molecule has 2 aliphatic heterocycles. The van der Waals surface area contributed by atoms with Crippen molar-refractivity contribution < 1.29 is 5.11 Å². The number of halogens is 1. The molecule has 2 saturated heterocycles. The molecule has 3 rings (SSSR count). The first-order chi connectivity index (χ1) is 9.19. The Labute approximate surface area is 119 Å². The van der Waals surface area contributed by atoms with E-state index in [0.717, 1.165) is 24.4 Å². The standard InChI is InChI=1S/C15H21ClN2O/c1-17-9-10-6-11(16)2-5-15(10)18-12-3-4-13(18)8-14(19)7-12/h2,5-6,12-14,17,19H,3-4,7-9H2,1H3. The Balaban J connectivity index is 1.94. The molecule has 3 nitrogen and oxygen atoms in total. The first-order valence-corrected chi connectivity index (χ1v) is 7.46. The Morgan fingerprint density at radius 1 is 1.32 bits per heavy atom. The van der Waals surface area contributed by atoms with Crippen molar-refractivity contribution in [3.05, 3.63) is 28.8 Å². The summed E-state index contributed by atoms with van der Waals surface area (Å²) >= 11 is 6.12. The summed E-state index contributed by atoms with van der Waals surface area (Å²) in [6.07, 6.45) is 4.08. The van der Waals surface area contributed by atoms with E-state index in [9.17, 15) is 5.11 Å². The van der Waals surface area contributed by atoms with Gasteiger partial charge in [0.05, 0.1) is 6.10 Å². The van der Waals surface area contributed by atoms with Crippen LogP contribution < -0.4 is 10.2 Å². The zero-order valence-corrected chi connectivity index (χ0v) is 12.0. The molecule has 2 fully saturated rings. The van der Waals surface area contributed by atoms with Crippen molar-refractivity contribution in [3.8, 4) is 0 Å². The van der Waals surface area contributed by atoms with Gasteiger partial charge >= 0.3 is 0 Å². The molecule has 0 radical (unpaired) electrons. The van der Waals surface area contributed by atoms with Crippen molar-refractivity contribution >= 4 is 17.3 Å². The molecule has 4 heteroatoms. The van der Waals surface area contributed by atoms with E-state index < -0.39 is 0 Å². The summed E-state index contributed by atoms with van der Waals surface area (Å²) in [6.45, 7) is 0.828. The summed E-state index contributed by atoms with van der Waals surface area (Å²) in [7, 11) is 1.96. The lowest BCUT2D eigenvalue weighted by Crippen LogP contribution is -2.45. The van der Waals surface area contributed by atoms with Gasteiger partial charge in [0.2, 0.25) is 0 Å². The number of aliphatic hydroxyl groups excluding tert-OH is 1. The number of anilines is 1. The number of aliphatic hydroxyl groups is 1. The molecule has 2 heterocycles. The number of nitrogens with zero attached hydrogens (tertiary/aromatic N) is 1. The van der Waals surface area contributed by atoms with Gasteiger partial charge in [-0.15, -0.1) is 0 Å². The highest BCUT2D eigenvalue weighted by Crippen LogP contribution is 2.41. The van der Waals surface area contributed by atoms with Gasteiger partial charge in [-0.3, -0.25) is 0 Å². The van der Waals surface area contributed by atoms with Crippen LogP contribution in [0.5, 0.6) is 0 Å². The van der Waals surface area contributed by atoms with Gasteiger partial charge in [-0.2, -0.15) is 0 Å². The zero-order valence-electron chi connectivity index (χ0n) is 11.3. The summed E-state index contributed by atoms with van der Waals surface area (Å²) < 4.78 is 0. The smallest absolute Gasteiger partial charge is 0.0579 e. The predicted octanol–water partition coefficient (Wildman–Crippen LogP) is 2.55. The van der Waals surface area contributed by atoms with E-state index in [1.165, 1.54) is 24.1 Å². The maximum absolute atomic E-state index is 9.91. The second kappa shape index (κ2) is 5.31. The van der Waals surface area contributed by atoms with Crippen molar-refractivity contribution in [2.45, 2.75) is 50.4 Å². The van der Waals surface area contributed by atoms with Crippen LogP contribution in [0.15, 0.2) is 18.2 Å². The van der Waals surface area contributed by atoms with Crippen molar-refractivity contribution in [1.29, 1.82) is 0 Å². The van der Waals surface area contributed by atoms with Crippen LogP contribution >= 0.6 is 11.6 Å². The third kappa shape index (κ3) is 2.47. The molecule has 0 aliphatic carbocycles. The van der Waals surface area contributed by atoms with E-state index in [-0.39, 0.29) is 6.10 Å². The monoisotopic (exact) mass is 280 g/mol. The van der Waals surface area contributed by atoms with Gasteiger partial charge < -0.3 is 15.3 Å². The number of rotatable bonds is 3. The lowest BCUT2D eigenvalue weighted by atomic mass is 9.98. The highest BCUT2D eigenvalue weighted by atomic mass is 35.5. The summed E-state index contributed by atoms with van der Waals surface area (Å²) in [4.78, 5) is 2.52. The molecule has 0 saturated carbocycles. The van der Waals surface area contributed by atoms with Crippen molar-refractivity contribution in [3.63, 3.8) is 0 Å². The molecule has 0 amide bonds. The topological polar surface area (TPSA) is 35.5 Å². The Kier molecular flexibility index (Phi) is 3.70. The van der Waals surface area contributed by atoms with Gasteiger partial charge in [0, 0.05) is 29.3 Å². The molecule has 2 atom stereocenters. The SMILES string of the molecule is CNCc1cc(Cl)ccc1N1C2CCC1CC(O)C2. The molecule has 2 bridgehead atoms. The highest BCUT2D eigenvalue weighted by molar-refractivity contribution is 6.30. The van der Waals surface area contributed by atoms with Crippen LogP contribution in [-0.4, -0.2) is 30.3 Å². The normalized spacial score (nSPS) is 29.8. The minimum atomic E-state index is -0.117. The van der Waals surface area contributed by atoms with Crippen molar-refractivity contribution in [2.24, 2.45) is 0 Å². The van der Waals surface area contributed by atoms with E-state index >= 15 is 0 Å². The van der Waals surface area contributed by atoms with E-state index in [4.69, 9.17) is 11.6 Å². The second-order valence-corrected chi connectivity index (χ2v) is 6.16. The fourth-order valence-electron chi connectivity index (χ4n) is 3.68. The number of nitrogens with one attached hydrogen (secondary N) is 1. The molecule has 1 aromatic carbocycles. The minimum absolute atomic E-state index is 0.117. The Morgan fingerprint density at radius 3 is 2.63 bits per heavy atom. The van der Waals surface area contributed by atoms with Crippen LogP contribution in [0.4, 0.5) is 5.69 Å². The summed E-state index contributed by atoms with van der Waals surface area (Å²) in [5, 5.41) is 13.9. The fourth-order valence-corrected chi connectivity index (χ4v) is 3.87. The quantitative estimate of drug-likeness (QED) is 0.893. The highest BCUT2D eigenvalue weighted by Gasteiger charge is 2.40. The van der Waals surface area contributed by atoms with E-state index in [1.807, 2.05) is 13.1 Å². The van der Waals surface area contributed by atoms with Crippen LogP contribution in [0.2, 0.25) is 5.02 Å². The Bertz CT molecular complexity index is 451. The summed E-state index contributed by atoms with van der Waals surface area (Å²) in [6, 6.07) is 7.15. The Hall–Kier alpha value is -0.770. The van der Waals surface area contributed by atoms with Crippen molar-refractivity contribution in [2.75, 3.05) is 11.9 Å². The maximum Gasteiger partial charge on any atom is 0.0579 e. The lowest BCUT2D eigenvalue weighted by molar-refractivity contribution is 0.126. The van der Waals surface area contributed by atoms with E-state index in [2.05, 4.69) is 22.3 Å². The van der Waals surface area contributed by atoms with E-state index in [1.54, 1.807) is 0 Å². The minimum Gasteiger partial charge on any atom is -0.393 e. The molecule has 2 N–H and O–H groups in total. The molecule has 2 aliphatic rings. The summed E-state index contributed by atoms with van der Waals surface area (Å²) in [5.41, 5.74) is 2.54. The van der Waals surface area contributed by atoms with Crippen LogP contribution in [0.3, 0.4) is 0 Å². The average molecular weight is 281 g/mol. The molecular formula is C15H21ClN2O. The average Bonchev–Trinajstić information content (AvgIpc) is 2.63. The molecule has 1 aromatic rings. The largest absolute Gasteiger partial charge is 0.393 e. The molecule has 0 spiro atoms. The third-order valence-electron chi connectivity index (χ3n) is 4.40. The van der Waals surface area contributed by atoms with Gasteiger partial charge in [-0.05, 0) is 56.5 Å². The molecule has 104 valence electrons. The van der Waals surface area contributed by atoms with Gasteiger partial charge in [-0.1, -0.05) is 11.6 Å². The number of piperidine rings is 1. The van der Waals surface area contributed by atoms with Crippen molar-refractivity contribution in [1.82, 2.24) is 5.32 Å². The van der Waals surface area contributed by atoms with Gasteiger partial charge in [0.1, 0.15) is 0 Å². The number of fused-ring (bicyclic) bond motifs is 2. The maximum atomic E-state index is 9.91. The van der Waals surface area contributed by atoms with Gasteiger partial charge in [0.15, 0.2) is 0 Å². The summed E-state index contributed by atoms with van der Waals surface area (Å²) in [5.74, 6) is 0. The van der Waals surface area contributed by atoms with Crippen LogP contribution in [0, 0.1) is 0 Å². The van der Waals surface area contributed by atoms with Crippen LogP contribution in [0.1, 0.15) is 31.2 Å². The Morgan fingerprint density at radius 2 is 2.00 bits per heavy atom. The number of benzene rings is 1. The number of hydrogen-bond donors (Lipinski definition) is 2. The predicted molar refractivity (Wildman–Crippen MR) is 78.7 cm³/mol. The first kappa shape index (κ1) is 13.2. The number of hydrogen-bond acceptors (Lipinski definition) is 3. The third-order valence-corrected chi connectivity index (χ3v) is 4.63. The molecular weight excluding hydrogens is 260 g/mol. The second-order valence-electron chi connectivity index (χ2n) is 5.72. The lowest BCUT2D eigenvalue weighted by Gasteiger charge is -2.40. The zero-order chi connectivity index (χ0) is 13.4. The fraction of sp³-hybridized carbons (Fsp3) is 0.600.